The molecule has 1 atom stereocenters. The highest BCUT2D eigenvalue weighted by Crippen LogP contribution is 2.28. The number of imide groups is 1. The summed E-state index contributed by atoms with van der Waals surface area (Å²) in [4.78, 5) is 24.7. The minimum Gasteiger partial charge on any atom is -0.493 e. The topological polar surface area (TPSA) is 67.9 Å². The van der Waals surface area contributed by atoms with Gasteiger partial charge >= 0.3 is 0 Å². The number of piperazine rings is 1. The zero-order chi connectivity index (χ0) is 15.4. The Labute approximate surface area is 136 Å². The Hall–Kier alpha value is -1.79. The lowest BCUT2D eigenvalue weighted by Gasteiger charge is -2.31. The molecular formula is C15H21ClN2O4. The van der Waals surface area contributed by atoms with Crippen molar-refractivity contribution in [2.24, 2.45) is 0 Å². The Morgan fingerprint density at radius 2 is 1.73 bits per heavy atom. The van der Waals surface area contributed by atoms with E-state index in [-0.39, 0.29) is 43.4 Å². The van der Waals surface area contributed by atoms with Gasteiger partial charge in [-0.25, -0.2) is 0 Å². The number of nitrogens with one attached hydrogen (secondary N) is 1. The highest BCUT2D eigenvalue weighted by Gasteiger charge is 2.26. The van der Waals surface area contributed by atoms with Crippen LogP contribution in [0.2, 0.25) is 0 Å². The van der Waals surface area contributed by atoms with Gasteiger partial charge in [-0.1, -0.05) is 6.07 Å². The first-order valence-electron chi connectivity index (χ1n) is 6.81. The van der Waals surface area contributed by atoms with Crippen molar-refractivity contribution in [2.75, 3.05) is 27.3 Å². The van der Waals surface area contributed by atoms with Crippen LogP contribution >= 0.6 is 12.4 Å². The van der Waals surface area contributed by atoms with Gasteiger partial charge in [0.2, 0.25) is 11.8 Å². The number of ether oxygens (including phenoxy) is 2. The fourth-order valence-corrected chi connectivity index (χ4v) is 2.45. The molecule has 1 saturated heterocycles. The van der Waals surface area contributed by atoms with Crippen molar-refractivity contribution < 1.29 is 19.1 Å². The Morgan fingerprint density at radius 3 is 2.27 bits per heavy atom. The van der Waals surface area contributed by atoms with E-state index in [9.17, 15) is 9.59 Å². The van der Waals surface area contributed by atoms with Gasteiger partial charge in [0.25, 0.3) is 0 Å². The average Bonchev–Trinajstić information content (AvgIpc) is 2.46. The van der Waals surface area contributed by atoms with Gasteiger partial charge in [0.15, 0.2) is 11.5 Å². The van der Waals surface area contributed by atoms with Gasteiger partial charge in [-0.05, 0) is 31.0 Å². The van der Waals surface area contributed by atoms with E-state index in [1.165, 1.54) is 0 Å². The van der Waals surface area contributed by atoms with Crippen molar-refractivity contribution in [2.45, 2.75) is 19.4 Å². The van der Waals surface area contributed by atoms with Crippen LogP contribution in [0.15, 0.2) is 18.2 Å². The van der Waals surface area contributed by atoms with E-state index in [2.05, 4.69) is 5.32 Å². The molecule has 6 nitrogen and oxygen atoms in total. The standard InChI is InChI=1S/C15H20N2O4.ClH/c1-10(17-8-14(18)16-15(19)9-17)6-11-4-5-12(20-2)13(7-11)21-3;/h4-5,7,10H,6,8-9H2,1-3H3,(H,16,18,19);1H. The quantitative estimate of drug-likeness (QED) is 0.817. The first kappa shape index (κ1) is 18.3. The minimum atomic E-state index is -0.245. The molecule has 0 saturated carbocycles. The summed E-state index contributed by atoms with van der Waals surface area (Å²) in [5.41, 5.74) is 1.07. The summed E-state index contributed by atoms with van der Waals surface area (Å²) >= 11 is 0. The number of amides is 2. The number of hydrogen-bond acceptors (Lipinski definition) is 5. The molecule has 122 valence electrons. The van der Waals surface area contributed by atoms with Gasteiger partial charge in [0.1, 0.15) is 0 Å². The van der Waals surface area contributed by atoms with Crippen molar-refractivity contribution in [1.29, 1.82) is 0 Å². The van der Waals surface area contributed by atoms with Crippen LogP contribution in [-0.2, 0) is 16.0 Å². The van der Waals surface area contributed by atoms with Gasteiger partial charge in [0.05, 0.1) is 27.3 Å². The van der Waals surface area contributed by atoms with E-state index in [0.717, 1.165) is 12.0 Å². The number of hydrogen-bond donors (Lipinski definition) is 1. The third kappa shape index (κ3) is 4.35. The van der Waals surface area contributed by atoms with Crippen LogP contribution in [0.5, 0.6) is 11.5 Å². The predicted octanol–water partition coefficient (Wildman–Crippen LogP) is 1.01. The van der Waals surface area contributed by atoms with Crippen molar-refractivity contribution in [3.05, 3.63) is 23.8 Å². The van der Waals surface area contributed by atoms with E-state index in [4.69, 9.17) is 9.47 Å². The Bertz CT molecular complexity index is 534. The second kappa shape index (κ2) is 8.00. The average molecular weight is 329 g/mol. The minimum absolute atomic E-state index is 0. The summed E-state index contributed by atoms with van der Waals surface area (Å²) in [7, 11) is 3.19. The number of nitrogens with zero attached hydrogens (tertiary/aromatic N) is 1. The molecule has 1 aromatic carbocycles. The fraction of sp³-hybridized carbons (Fsp3) is 0.467. The third-order valence-electron chi connectivity index (χ3n) is 3.57. The maximum atomic E-state index is 11.4. The molecule has 1 heterocycles. The molecule has 1 unspecified atom stereocenters. The first-order valence-corrected chi connectivity index (χ1v) is 6.81. The van der Waals surface area contributed by atoms with Crippen molar-refractivity contribution in [3.8, 4) is 11.5 Å². The normalized spacial score (nSPS) is 16.5. The van der Waals surface area contributed by atoms with Crippen molar-refractivity contribution in [1.82, 2.24) is 10.2 Å². The van der Waals surface area contributed by atoms with Crippen LogP contribution in [0.3, 0.4) is 0 Å². The van der Waals surface area contributed by atoms with Crippen LogP contribution in [0.4, 0.5) is 0 Å². The molecule has 1 aliphatic heterocycles. The van der Waals surface area contributed by atoms with Crippen LogP contribution in [0.25, 0.3) is 0 Å². The summed E-state index contributed by atoms with van der Waals surface area (Å²) in [5.74, 6) is 0.868. The second-order valence-electron chi connectivity index (χ2n) is 5.12. The largest absolute Gasteiger partial charge is 0.493 e. The zero-order valence-electron chi connectivity index (χ0n) is 12.9. The number of rotatable bonds is 5. The molecule has 2 amide bonds. The third-order valence-corrected chi connectivity index (χ3v) is 3.57. The molecule has 1 fully saturated rings. The molecule has 1 N–H and O–H groups in total. The fourth-order valence-electron chi connectivity index (χ4n) is 2.45. The molecule has 0 bridgehead atoms. The van der Waals surface area contributed by atoms with Crippen LogP contribution in [0.1, 0.15) is 12.5 Å². The van der Waals surface area contributed by atoms with Gasteiger partial charge in [-0.2, -0.15) is 0 Å². The van der Waals surface area contributed by atoms with Gasteiger partial charge in [0, 0.05) is 6.04 Å². The summed E-state index contributed by atoms with van der Waals surface area (Å²) in [6, 6.07) is 5.82. The first-order chi connectivity index (χ1) is 10.0. The predicted molar refractivity (Wildman–Crippen MR) is 84.7 cm³/mol. The van der Waals surface area contributed by atoms with Gasteiger partial charge in [-0.15, -0.1) is 12.4 Å². The molecule has 0 radical (unpaired) electrons. The van der Waals surface area contributed by atoms with E-state index in [0.29, 0.717) is 11.5 Å². The van der Waals surface area contributed by atoms with Crippen molar-refractivity contribution in [3.63, 3.8) is 0 Å². The maximum Gasteiger partial charge on any atom is 0.240 e. The van der Waals surface area contributed by atoms with Crippen LogP contribution in [0, 0.1) is 0 Å². The second-order valence-corrected chi connectivity index (χ2v) is 5.12. The summed E-state index contributed by atoms with van der Waals surface area (Å²) < 4.78 is 10.5. The molecular weight excluding hydrogens is 308 g/mol. The molecule has 1 aliphatic rings. The van der Waals surface area contributed by atoms with E-state index in [1.807, 2.05) is 30.0 Å². The van der Waals surface area contributed by atoms with E-state index >= 15 is 0 Å². The highest BCUT2D eigenvalue weighted by atomic mass is 35.5. The smallest absolute Gasteiger partial charge is 0.240 e. The molecule has 0 spiro atoms. The number of benzene rings is 1. The highest BCUT2D eigenvalue weighted by molar-refractivity contribution is 5.99. The summed E-state index contributed by atoms with van der Waals surface area (Å²) in [5, 5.41) is 2.31. The maximum absolute atomic E-state index is 11.4. The zero-order valence-corrected chi connectivity index (χ0v) is 13.7. The molecule has 1 aromatic rings. The number of carbonyl (C=O) groups excluding carboxylic acids is 2. The molecule has 2 rings (SSSR count). The summed E-state index contributed by atoms with van der Waals surface area (Å²) in [6.07, 6.45) is 0.723. The van der Waals surface area contributed by atoms with E-state index < -0.39 is 0 Å². The lowest BCUT2D eigenvalue weighted by Crippen LogP contribution is -2.54. The molecule has 7 heteroatoms. The number of carbonyl (C=O) groups is 2. The van der Waals surface area contributed by atoms with E-state index in [1.54, 1.807) is 14.2 Å². The number of methoxy groups -OCH3 is 2. The Morgan fingerprint density at radius 1 is 1.14 bits per heavy atom. The molecule has 22 heavy (non-hydrogen) atoms. The lowest BCUT2D eigenvalue weighted by molar-refractivity contribution is -0.136. The van der Waals surface area contributed by atoms with Gasteiger partial charge < -0.3 is 9.47 Å². The molecule has 0 aromatic heterocycles. The SMILES string of the molecule is COc1ccc(CC(C)N2CC(=O)NC(=O)C2)cc1OC.Cl. The number of halogens is 1. The Kier molecular flexibility index (Phi) is 6.64. The lowest BCUT2D eigenvalue weighted by atomic mass is 10.0. The van der Waals surface area contributed by atoms with Crippen LogP contribution in [-0.4, -0.2) is 50.1 Å². The van der Waals surface area contributed by atoms with Crippen molar-refractivity contribution >= 4 is 24.2 Å². The van der Waals surface area contributed by atoms with Crippen LogP contribution < -0.4 is 14.8 Å². The molecule has 0 aliphatic carbocycles. The summed E-state index contributed by atoms with van der Waals surface area (Å²) in [6.45, 7) is 2.50. The monoisotopic (exact) mass is 328 g/mol. The Balaban J connectivity index is 0.00000242. The van der Waals surface area contributed by atoms with Gasteiger partial charge in [-0.3, -0.25) is 19.8 Å².